The Morgan fingerprint density at radius 2 is 2.15 bits per heavy atom. The second kappa shape index (κ2) is 6.86. The van der Waals surface area contributed by atoms with Gasteiger partial charge in [-0.15, -0.1) is 0 Å². The number of benzene rings is 1. The molecule has 0 aliphatic heterocycles. The number of aromatic nitrogens is 3. The second-order valence-corrected chi connectivity index (χ2v) is 7.14. The van der Waals surface area contributed by atoms with Crippen LogP contribution in [-0.2, 0) is 6.54 Å². The van der Waals surface area contributed by atoms with Crippen molar-refractivity contribution in [1.82, 2.24) is 19.9 Å². The maximum atomic E-state index is 13.2. The van der Waals surface area contributed by atoms with Gasteiger partial charge in [0.1, 0.15) is 15.8 Å². The molecule has 0 unspecified atom stereocenters. The number of thiazole rings is 1. The molecule has 0 aliphatic rings. The van der Waals surface area contributed by atoms with Gasteiger partial charge in [0.05, 0.1) is 11.7 Å². The average Bonchev–Trinajstić information content (AvgIpc) is 3.23. The Kier molecular flexibility index (Phi) is 4.40. The normalized spacial score (nSPS) is 11.0. The molecule has 0 radical (unpaired) electrons. The molecule has 0 aliphatic carbocycles. The number of rotatable bonds is 4. The lowest BCUT2D eigenvalue weighted by atomic mass is 10.2. The summed E-state index contributed by atoms with van der Waals surface area (Å²) in [6.45, 7) is 0.208. The zero-order chi connectivity index (χ0) is 18.1. The number of pyridine rings is 1. The lowest BCUT2D eigenvalue weighted by molar-refractivity contribution is 0.0950. The summed E-state index contributed by atoms with van der Waals surface area (Å²) in [5, 5.41) is 7.24. The van der Waals surface area contributed by atoms with Gasteiger partial charge in [0.2, 0.25) is 0 Å². The molecule has 0 fully saturated rings. The molecule has 0 bridgehead atoms. The fraction of sp³-hybridized carbons (Fsp3) is 0.0556. The number of amides is 1. The Labute approximate surface area is 157 Å². The third-order valence-corrected chi connectivity index (χ3v) is 5.06. The summed E-state index contributed by atoms with van der Waals surface area (Å²) in [5.41, 5.74) is 2.81. The van der Waals surface area contributed by atoms with Gasteiger partial charge in [0, 0.05) is 18.3 Å². The molecule has 1 aromatic carbocycles. The first kappa shape index (κ1) is 16.7. The van der Waals surface area contributed by atoms with Gasteiger partial charge in [-0.25, -0.2) is 13.9 Å². The minimum absolute atomic E-state index is 0.208. The highest BCUT2D eigenvalue weighted by molar-refractivity contribution is 7.18. The van der Waals surface area contributed by atoms with Crippen molar-refractivity contribution in [1.29, 1.82) is 0 Å². The SMILES string of the molecule is O=C(NCc1cccc(F)c1)c1nc(-c2cnn3ccccc23)c(Cl)s1. The first-order chi connectivity index (χ1) is 12.6. The van der Waals surface area contributed by atoms with Crippen molar-refractivity contribution in [2.24, 2.45) is 0 Å². The molecule has 0 saturated heterocycles. The molecule has 0 atom stereocenters. The molecule has 3 aromatic heterocycles. The Bertz CT molecular complexity index is 1110. The smallest absolute Gasteiger partial charge is 0.280 e. The summed E-state index contributed by atoms with van der Waals surface area (Å²) in [7, 11) is 0. The molecular formula is C18H12ClFN4OS. The van der Waals surface area contributed by atoms with E-state index in [0.29, 0.717) is 15.6 Å². The van der Waals surface area contributed by atoms with E-state index in [2.05, 4.69) is 15.4 Å². The number of nitrogens with zero attached hydrogens (tertiary/aromatic N) is 3. The van der Waals surface area contributed by atoms with Crippen molar-refractivity contribution in [2.45, 2.75) is 6.54 Å². The van der Waals surface area contributed by atoms with Crippen molar-refractivity contribution in [2.75, 3.05) is 0 Å². The maximum Gasteiger partial charge on any atom is 0.280 e. The number of hydrogen-bond donors (Lipinski definition) is 1. The van der Waals surface area contributed by atoms with E-state index in [1.807, 2.05) is 24.4 Å². The Hall–Kier alpha value is -2.77. The summed E-state index contributed by atoms with van der Waals surface area (Å²) in [4.78, 5) is 16.7. The highest BCUT2D eigenvalue weighted by Gasteiger charge is 2.19. The zero-order valence-electron chi connectivity index (χ0n) is 13.3. The van der Waals surface area contributed by atoms with Crippen molar-refractivity contribution < 1.29 is 9.18 Å². The lowest BCUT2D eigenvalue weighted by Gasteiger charge is -2.03. The molecule has 0 spiro atoms. The number of nitrogens with one attached hydrogen (secondary N) is 1. The predicted octanol–water partition coefficient (Wildman–Crippen LogP) is 4.18. The van der Waals surface area contributed by atoms with Gasteiger partial charge in [0.15, 0.2) is 5.01 Å². The monoisotopic (exact) mass is 386 g/mol. The van der Waals surface area contributed by atoms with Crippen LogP contribution in [0, 0.1) is 5.82 Å². The van der Waals surface area contributed by atoms with E-state index in [0.717, 1.165) is 22.4 Å². The second-order valence-electron chi connectivity index (χ2n) is 5.54. The van der Waals surface area contributed by atoms with Crippen LogP contribution in [0.5, 0.6) is 0 Å². The predicted molar refractivity (Wildman–Crippen MR) is 98.9 cm³/mol. The Balaban J connectivity index is 1.57. The number of halogens is 2. The Morgan fingerprint density at radius 3 is 3.00 bits per heavy atom. The minimum Gasteiger partial charge on any atom is -0.346 e. The van der Waals surface area contributed by atoms with Crippen LogP contribution in [0.1, 0.15) is 15.4 Å². The van der Waals surface area contributed by atoms with E-state index in [9.17, 15) is 9.18 Å². The molecule has 3 heterocycles. The summed E-state index contributed by atoms with van der Waals surface area (Å²) < 4.78 is 15.3. The molecule has 5 nitrogen and oxygen atoms in total. The van der Waals surface area contributed by atoms with Crippen LogP contribution in [0.4, 0.5) is 4.39 Å². The first-order valence-electron chi connectivity index (χ1n) is 7.73. The molecule has 0 saturated carbocycles. The van der Waals surface area contributed by atoms with Crippen LogP contribution < -0.4 is 5.32 Å². The van der Waals surface area contributed by atoms with Crippen molar-refractivity contribution in [3.05, 3.63) is 75.6 Å². The molecule has 130 valence electrons. The molecule has 4 rings (SSSR count). The van der Waals surface area contributed by atoms with Crippen molar-refractivity contribution in [3.8, 4) is 11.3 Å². The van der Waals surface area contributed by atoms with Crippen LogP contribution in [0.2, 0.25) is 4.34 Å². The third-order valence-electron chi connectivity index (χ3n) is 3.80. The standard InChI is InChI=1S/C18H12ClFN4OS/c19-16-15(13-10-22-24-7-2-1-6-14(13)24)23-18(26-16)17(25)21-9-11-4-3-5-12(20)8-11/h1-8,10H,9H2,(H,21,25). The first-order valence-corrected chi connectivity index (χ1v) is 8.93. The highest BCUT2D eigenvalue weighted by Crippen LogP contribution is 2.34. The lowest BCUT2D eigenvalue weighted by Crippen LogP contribution is -2.22. The summed E-state index contributed by atoms with van der Waals surface area (Å²) >= 11 is 7.41. The quantitative estimate of drug-likeness (QED) is 0.572. The molecule has 26 heavy (non-hydrogen) atoms. The van der Waals surface area contributed by atoms with Crippen molar-refractivity contribution >= 4 is 34.4 Å². The van der Waals surface area contributed by atoms with Gasteiger partial charge in [-0.2, -0.15) is 5.10 Å². The fourth-order valence-electron chi connectivity index (χ4n) is 2.59. The van der Waals surface area contributed by atoms with E-state index < -0.39 is 0 Å². The van der Waals surface area contributed by atoms with Crippen LogP contribution in [0.15, 0.2) is 54.9 Å². The van der Waals surface area contributed by atoms with Gasteiger partial charge in [0.25, 0.3) is 5.91 Å². The average molecular weight is 387 g/mol. The summed E-state index contributed by atoms with van der Waals surface area (Å²) in [6, 6.07) is 11.7. The van der Waals surface area contributed by atoms with Crippen LogP contribution in [0.25, 0.3) is 16.8 Å². The van der Waals surface area contributed by atoms with E-state index >= 15 is 0 Å². The number of fused-ring (bicyclic) bond motifs is 1. The van der Waals surface area contributed by atoms with Gasteiger partial charge in [-0.1, -0.05) is 41.1 Å². The summed E-state index contributed by atoms with van der Waals surface area (Å²) in [6.07, 6.45) is 3.50. The third kappa shape index (κ3) is 3.18. The number of carbonyl (C=O) groups is 1. The molecular weight excluding hydrogens is 375 g/mol. The van der Waals surface area contributed by atoms with Gasteiger partial charge in [-0.05, 0) is 29.8 Å². The van der Waals surface area contributed by atoms with E-state index in [4.69, 9.17) is 11.6 Å². The molecule has 4 aromatic rings. The topological polar surface area (TPSA) is 59.3 Å². The van der Waals surface area contributed by atoms with Crippen LogP contribution in [-0.4, -0.2) is 20.5 Å². The van der Waals surface area contributed by atoms with E-state index in [1.54, 1.807) is 22.8 Å². The molecule has 1 N–H and O–H groups in total. The van der Waals surface area contributed by atoms with Gasteiger partial charge in [-0.3, -0.25) is 4.79 Å². The Morgan fingerprint density at radius 1 is 1.27 bits per heavy atom. The van der Waals surface area contributed by atoms with Crippen LogP contribution in [0.3, 0.4) is 0 Å². The van der Waals surface area contributed by atoms with Crippen LogP contribution >= 0.6 is 22.9 Å². The zero-order valence-corrected chi connectivity index (χ0v) is 14.9. The summed E-state index contributed by atoms with van der Waals surface area (Å²) in [5.74, 6) is -0.701. The van der Waals surface area contributed by atoms with E-state index in [-0.39, 0.29) is 23.3 Å². The molecule has 8 heteroatoms. The maximum absolute atomic E-state index is 13.2. The number of hydrogen-bond acceptors (Lipinski definition) is 4. The molecule has 1 amide bonds. The van der Waals surface area contributed by atoms with Crippen molar-refractivity contribution in [3.63, 3.8) is 0 Å². The minimum atomic E-state index is -0.358. The largest absolute Gasteiger partial charge is 0.346 e. The van der Waals surface area contributed by atoms with Gasteiger partial charge < -0.3 is 5.32 Å². The fourth-order valence-corrected chi connectivity index (χ4v) is 3.67. The van der Waals surface area contributed by atoms with E-state index in [1.165, 1.54) is 12.1 Å². The van der Waals surface area contributed by atoms with Gasteiger partial charge >= 0.3 is 0 Å². The highest BCUT2D eigenvalue weighted by atomic mass is 35.5. The number of carbonyl (C=O) groups excluding carboxylic acids is 1.